The van der Waals surface area contributed by atoms with Crippen molar-refractivity contribution < 1.29 is 19.4 Å². The van der Waals surface area contributed by atoms with Gasteiger partial charge in [-0.25, -0.2) is 0 Å². The first-order valence-electron chi connectivity index (χ1n) is 9.39. The second kappa shape index (κ2) is 7.97. The number of fused-ring (bicyclic) bond motifs is 3. The molecule has 0 saturated heterocycles. The highest BCUT2D eigenvalue weighted by atomic mass is 35.5. The lowest BCUT2D eigenvalue weighted by molar-refractivity contribution is -0.141. The predicted molar refractivity (Wildman–Crippen MR) is 113 cm³/mol. The lowest BCUT2D eigenvalue weighted by Gasteiger charge is -2.23. The highest BCUT2D eigenvalue weighted by Crippen LogP contribution is 2.46. The average Bonchev–Trinajstić information content (AvgIpc) is 2.84. The molecular weight excluding hydrogens is 406 g/mol. The molecule has 1 N–H and O–H groups in total. The number of ether oxygens (including phenoxy) is 2. The van der Waals surface area contributed by atoms with Crippen LogP contribution < -0.4 is 10.3 Å². The highest BCUT2D eigenvalue weighted by molar-refractivity contribution is 6.30. The molecule has 6 nitrogen and oxygen atoms in total. The Labute approximate surface area is 178 Å². The molecule has 0 bridgehead atoms. The number of hydrogen-bond donors (Lipinski definition) is 1. The van der Waals surface area contributed by atoms with Crippen LogP contribution in [0.25, 0.3) is 11.1 Å². The van der Waals surface area contributed by atoms with Crippen LogP contribution in [0.4, 0.5) is 0 Å². The van der Waals surface area contributed by atoms with Crippen molar-refractivity contribution in [3.63, 3.8) is 0 Å². The monoisotopic (exact) mass is 425 g/mol. The molecule has 7 heteroatoms. The van der Waals surface area contributed by atoms with Gasteiger partial charge in [0.15, 0.2) is 0 Å². The number of aliphatic carboxylic acids is 1. The second-order valence-corrected chi connectivity index (χ2v) is 7.64. The molecule has 0 saturated carbocycles. The van der Waals surface area contributed by atoms with Gasteiger partial charge in [-0.05, 0) is 46.5 Å². The van der Waals surface area contributed by atoms with E-state index >= 15 is 0 Å². The van der Waals surface area contributed by atoms with E-state index in [4.69, 9.17) is 21.1 Å². The number of halogens is 1. The molecule has 2 aromatic carbocycles. The maximum atomic E-state index is 12.4. The highest BCUT2D eigenvalue weighted by Gasteiger charge is 2.32. The van der Waals surface area contributed by atoms with Crippen molar-refractivity contribution in [1.82, 2.24) is 4.57 Å². The molecule has 0 radical (unpaired) electrons. The molecule has 1 aliphatic rings. The number of nitrogens with zero attached hydrogens (tertiary/aromatic N) is 1. The van der Waals surface area contributed by atoms with Gasteiger partial charge in [-0.2, -0.15) is 0 Å². The van der Waals surface area contributed by atoms with E-state index in [9.17, 15) is 14.7 Å². The van der Waals surface area contributed by atoms with E-state index in [0.29, 0.717) is 16.3 Å². The molecule has 0 aliphatic carbocycles. The van der Waals surface area contributed by atoms with Crippen LogP contribution in [0.15, 0.2) is 59.5 Å². The Balaban J connectivity index is 2.00. The average molecular weight is 426 g/mol. The molecule has 1 aromatic heterocycles. The summed E-state index contributed by atoms with van der Waals surface area (Å²) in [5.41, 5.74) is 3.59. The molecule has 0 amide bonds. The van der Waals surface area contributed by atoms with Gasteiger partial charge in [-0.3, -0.25) is 9.59 Å². The van der Waals surface area contributed by atoms with Gasteiger partial charge < -0.3 is 19.1 Å². The van der Waals surface area contributed by atoms with Gasteiger partial charge in [0, 0.05) is 29.9 Å². The van der Waals surface area contributed by atoms with E-state index in [-0.39, 0.29) is 12.0 Å². The van der Waals surface area contributed by atoms with Crippen molar-refractivity contribution >= 4 is 17.6 Å². The molecule has 2 unspecified atom stereocenters. The van der Waals surface area contributed by atoms with Gasteiger partial charge >= 0.3 is 5.97 Å². The van der Waals surface area contributed by atoms with Gasteiger partial charge in [0.05, 0.1) is 19.6 Å². The Kier molecular flexibility index (Phi) is 5.37. The summed E-state index contributed by atoms with van der Waals surface area (Å²) >= 11 is 6.06. The van der Waals surface area contributed by atoms with Crippen LogP contribution in [0.3, 0.4) is 0 Å². The summed E-state index contributed by atoms with van der Waals surface area (Å²) < 4.78 is 13.3. The zero-order valence-electron chi connectivity index (χ0n) is 16.5. The van der Waals surface area contributed by atoms with Gasteiger partial charge in [0.25, 0.3) is 5.56 Å². The lowest BCUT2D eigenvalue weighted by atomic mass is 9.91. The van der Waals surface area contributed by atoms with Crippen molar-refractivity contribution in [2.24, 2.45) is 7.05 Å². The van der Waals surface area contributed by atoms with E-state index in [2.05, 4.69) is 0 Å². The number of methoxy groups -OCH3 is 1. The van der Waals surface area contributed by atoms with Gasteiger partial charge in [-0.1, -0.05) is 29.8 Å². The fourth-order valence-corrected chi connectivity index (χ4v) is 3.92. The van der Waals surface area contributed by atoms with Crippen LogP contribution in [-0.4, -0.2) is 22.8 Å². The third-order valence-electron chi connectivity index (χ3n) is 5.27. The minimum atomic E-state index is -1.01. The topological polar surface area (TPSA) is 77.8 Å². The molecule has 4 rings (SSSR count). The van der Waals surface area contributed by atoms with Crippen molar-refractivity contribution in [3.05, 3.63) is 86.8 Å². The van der Waals surface area contributed by atoms with E-state index in [0.717, 1.165) is 22.3 Å². The minimum Gasteiger partial charge on any atom is -0.497 e. The van der Waals surface area contributed by atoms with Crippen LogP contribution in [0.5, 0.6) is 5.75 Å². The minimum absolute atomic E-state index is 0.229. The van der Waals surface area contributed by atoms with Crippen LogP contribution in [-0.2, 0) is 16.6 Å². The Morgan fingerprint density at radius 2 is 1.87 bits per heavy atom. The molecule has 1 aliphatic heterocycles. The zero-order chi connectivity index (χ0) is 21.4. The summed E-state index contributed by atoms with van der Waals surface area (Å²) in [6.45, 7) is 0. The normalized spacial score (nSPS) is 17.6. The Morgan fingerprint density at radius 1 is 1.13 bits per heavy atom. The molecular formula is C23H20ClNO5. The van der Waals surface area contributed by atoms with Gasteiger partial charge in [0.1, 0.15) is 11.9 Å². The SMILES string of the molecule is COc1ccc2c(c1)C(c1ccc(Cl)cc1)OC(CC(=O)O)c1cc(=O)n(C)cc1-2. The first-order valence-corrected chi connectivity index (χ1v) is 9.76. The Hall–Kier alpha value is -3.09. The number of pyridine rings is 1. The number of carboxylic acid groups (broad SMARTS) is 1. The smallest absolute Gasteiger partial charge is 0.306 e. The summed E-state index contributed by atoms with van der Waals surface area (Å²) in [4.78, 5) is 24.0. The summed E-state index contributed by atoms with van der Waals surface area (Å²) in [5.74, 6) is -0.357. The van der Waals surface area contributed by atoms with Crippen LogP contribution >= 0.6 is 11.6 Å². The Morgan fingerprint density at radius 3 is 2.53 bits per heavy atom. The quantitative estimate of drug-likeness (QED) is 0.672. The van der Waals surface area contributed by atoms with Crippen molar-refractivity contribution in [3.8, 4) is 16.9 Å². The van der Waals surface area contributed by atoms with E-state index in [1.807, 2.05) is 30.3 Å². The number of hydrogen-bond acceptors (Lipinski definition) is 4. The maximum absolute atomic E-state index is 12.4. The molecule has 3 aromatic rings. The molecule has 2 atom stereocenters. The van der Waals surface area contributed by atoms with E-state index < -0.39 is 18.2 Å². The molecule has 0 spiro atoms. The van der Waals surface area contributed by atoms with E-state index in [1.54, 1.807) is 32.5 Å². The summed E-state index contributed by atoms with van der Waals surface area (Å²) in [5, 5.41) is 10.1. The van der Waals surface area contributed by atoms with Crippen molar-refractivity contribution in [1.29, 1.82) is 0 Å². The standard InChI is InChI=1S/C23H20ClNO5/c1-25-12-19-16-8-7-15(29-2)9-18(16)23(13-3-5-14(24)6-4-13)30-20(11-22(27)28)17(19)10-21(25)26/h3-10,12,20,23H,11H2,1-2H3,(H,27,28). The fourth-order valence-electron chi connectivity index (χ4n) is 3.79. The number of carboxylic acids is 1. The summed E-state index contributed by atoms with van der Waals surface area (Å²) in [7, 11) is 3.25. The van der Waals surface area contributed by atoms with Crippen molar-refractivity contribution in [2.75, 3.05) is 7.11 Å². The molecule has 154 valence electrons. The number of benzene rings is 2. The molecule has 0 fully saturated rings. The van der Waals surface area contributed by atoms with Gasteiger partial charge in [-0.15, -0.1) is 0 Å². The lowest BCUT2D eigenvalue weighted by Crippen LogP contribution is -2.19. The van der Waals surface area contributed by atoms with Crippen LogP contribution in [0, 0.1) is 0 Å². The third kappa shape index (κ3) is 3.72. The summed E-state index contributed by atoms with van der Waals surface area (Å²) in [6.07, 6.45) is 0.0934. The first kappa shape index (κ1) is 20.2. The number of rotatable bonds is 4. The van der Waals surface area contributed by atoms with Crippen molar-refractivity contribution in [2.45, 2.75) is 18.6 Å². The fraction of sp³-hybridized carbons (Fsp3) is 0.217. The summed E-state index contributed by atoms with van der Waals surface area (Å²) in [6, 6.07) is 14.3. The molecule has 2 heterocycles. The number of aromatic nitrogens is 1. The third-order valence-corrected chi connectivity index (χ3v) is 5.52. The van der Waals surface area contributed by atoms with E-state index in [1.165, 1.54) is 10.6 Å². The van der Waals surface area contributed by atoms with Gasteiger partial charge in [0.2, 0.25) is 0 Å². The van der Waals surface area contributed by atoms with Crippen LogP contribution in [0.2, 0.25) is 5.02 Å². The predicted octanol–water partition coefficient (Wildman–Crippen LogP) is 4.35. The Bertz CT molecular complexity index is 1170. The molecule has 30 heavy (non-hydrogen) atoms. The van der Waals surface area contributed by atoms with Crippen LogP contribution in [0.1, 0.15) is 35.3 Å². The number of aryl methyl sites for hydroxylation is 1. The second-order valence-electron chi connectivity index (χ2n) is 7.20. The largest absolute Gasteiger partial charge is 0.497 e. The first-order chi connectivity index (χ1) is 14.4. The number of carbonyl (C=O) groups is 1. The zero-order valence-corrected chi connectivity index (χ0v) is 17.2. The maximum Gasteiger partial charge on any atom is 0.306 e.